The first-order valence-corrected chi connectivity index (χ1v) is 5.19. The van der Waals surface area contributed by atoms with Crippen molar-refractivity contribution in [3.8, 4) is 12.0 Å². The molecule has 0 fully saturated rings. The van der Waals surface area contributed by atoms with Crippen LogP contribution in [0.5, 0.6) is 12.0 Å². The molecule has 0 amide bonds. The first-order valence-electron chi connectivity index (χ1n) is 5.19. The van der Waals surface area contributed by atoms with E-state index in [1.807, 2.05) is 14.0 Å². The van der Waals surface area contributed by atoms with Crippen molar-refractivity contribution in [1.29, 1.82) is 0 Å². The lowest BCUT2D eigenvalue weighted by atomic mass is 10.2. The average molecular weight is 234 g/mol. The second-order valence-corrected chi connectivity index (χ2v) is 3.60. The van der Waals surface area contributed by atoms with Crippen LogP contribution in [0.2, 0.25) is 0 Å². The first kappa shape index (κ1) is 11.5. The molecule has 0 aliphatic carbocycles. The predicted octanol–water partition coefficient (Wildman–Crippen LogP) is 0.425. The lowest BCUT2D eigenvalue weighted by Gasteiger charge is -2.05. The summed E-state index contributed by atoms with van der Waals surface area (Å²) in [5, 5.41) is 7.03. The monoisotopic (exact) mass is 234 g/mol. The van der Waals surface area contributed by atoms with Crippen molar-refractivity contribution in [2.45, 2.75) is 13.5 Å². The summed E-state index contributed by atoms with van der Waals surface area (Å²) in [6.07, 6.45) is 3.29. The van der Waals surface area contributed by atoms with E-state index in [2.05, 4.69) is 25.4 Å². The quantitative estimate of drug-likeness (QED) is 0.826. The van der Waals surface area contributed by atoms with Gasteiger partial charge in [-0.15, -0.1) is 5.10 Å². The molecule has 0 aliphatic heterocycles. The number of aryl methyl sites for hydroxylation is 2. The highest BCUT2D eigenvalue weighted by atomic mass is 16.5. The van der Waals surface area contributed by atoms with Crippen molar-refractivity contribution < 1.29 is 4.74 Å². The van der Waals surface area contributed by atoms with Crippen molar-refractivity contribution in [3.05, 3.63) is 23.8 Å². The van der Waals surface area contributed by atoms with Gasteiger partial charge in [0.15, 0.2) is 0 Å². The molecule has 0 atom stereocenters. The van der Waals surface area contributed by atoms with Crippen molar-refractivity contribution in [2.75, 3.05) is 7.05 Å². The van der Waals surface area contributed by atoms with Crippen LogP contribution in [0.1, 0.15) is 11.3 Å². The van der Waals surface area contributed by atoms with Crippen LogP contribution in [0.25, 0.3) is 0 Å². The minimum atomic E-state index is 0.244. The lowest BCUT2D eigenvalue weighted by Crippen LogP contribution is -2.08. The maximum Gasteiger partial charge on any atom is 0.343 e. The van der Waals surface area contributed by atoms with E-state index in [1.165, 1.54) is 0 Å². The van der Waals surface area contributed by atoms with Gasteiger partial charge in [-0.05, 0) is 14.0 Å². The van der Waals surface area contributed by atoms with Crippen molar-refractivity contribution in [3.63, 3.8) is 0 Å². The molecule has 2 heterocycles. The van der Waals surface area contributed by atoms with Crippen LogP contribution >= 0.6 is 0 Å². The molecule has 1 N–H and O–H groups in total. The Hall–Kier alpha value is -2.02. The number of hydrogen-bond acceptors (Lipinski definition) is 6. The normalized spacial score (nSPS) is 10.5. The van der Waals surface area contributed by atoms with E-state index in [1.54, 1.807) is 24.3 Å². The van der Waals surface area contributed by atoms with Crippen LogP contribution in [-0.4, -0.2) is 31.8 Å². The fourth-order valence-corrected chi connectivity index (χ4v) is 1.33. The van der Waals surface area contributed by atoms with Gasteiger partial charge in [0.05, 0.1) is 0 Å². The predicted molar refractivity (Wildman–Crippen MR) is 60.6 cm³/mol. The Morgan fingerprint density at radius 2 is 2.18 bits per heavy atom. The van der Waals surface area contributed by atoms with E-state index in [0.717, 1.165) is 17.8 Å². The van der Waals surface area contributed by atoms with Gasteiger partial charge in [0.25, 0.3) is 0 Å². The van der Waals surface area contributed by atoms with E-state index >= 15 is 0 Å². The van der Waals surface area contributed by atoms with Crippen LogP contribution < -0.4 is 10.1 Å². The molecule has 0 aliphatic rings. The van der Waals surface area contributed by atoms with E-state index < -0.39 is 0 Å². The van der Waals surface area contributed by atoms with Gasteiger partial charge in [0.1, 0.15) is 6.33 Å². The van der Waals surface area contributed by atoms with Gasteiger partial charge in [0, 0.05) is 31.0 Å². The van der Waals surface area contributed by atoms with Gasteiger partial charge >= 0.3 is 12.0 Å². The molecule has 90 valence electrons. The topological polar surface area (TPSA) is 77.8 Å². The van der Waals surface area contributed by atoms with Crippen LogP contribution in [0.3, 0.4) is 0 Å². The molecule has 0 bridgehead atoms. The molecule has 7 heteroatoms. The minimum Gasteiger partial charge on any atom is -0.387 e. The third-order valence-corrected chi connectivity index (χ3v) is 2.19. The fraction of sp³-hybridized carbons (Fsp3) is 0.400. The molecule has 17 heavy (non-hydrogen) atoms. The molecular weight excluding hydrogens is 220 g/mol. The number of ether oxygens (including phenoxy) is 1. The minimum absolute atomic E-state index is 0.244. The summed E-state index contributed by atoms with van der Waals surface area (Å²) in [6, 6.07) is 0.502. The molecule has 0 aromatic carbocycles. The summed E-state index contributed by atoms with van der Waals surface area (Å²) >= 11 is 0. The van der Waals surface area contributed by atoms with E-state index in [9.17, 15) is 0 Å². The molecule has 2 aromatic rings. The average Bonchev–Trinajstić information content (AvgIpc) is 2.68. The number of aromatic nitrogens is 5. The first-order chi connectivity index (χ1) is 8.19. The summed E-state index contributed by atoms with van der Waals surface area (Å²) in [4.78, 5) is 12.3. The Bertz CT molecular complexity index is 509. The van der Waals surface area contributed by atoms with Crippen LogP contribution in [0.15, 0.2) is 12.5 Å². The van der Waals surface area contributed by atoms with Crippen molar-refractivity contribution >= 4 is 0 Å². The smallest absolute Gasteiger partial charge is 0.343 e. The highest BCUT2D eigenvalue weighted by Crippen LogP contribution is 2.13. The molecule has 0 unspecified atom stereocenters. The summed E-state index contributed by atoms with van der Waals surface area (Å²) in [5.41, 5.74) is 1.91. The Morgan fingerprint density at radius 3 is 2.76 bits per heavy atom. The molecule has 0 saturated carbocycles. The second-order valence-electron chi connectivity index (χ2n) is 3.60. The number of hydrogen-bond donors (Lipinski definition) is 1. The summed E-state index contributed by atoms with van der Waals surface area (Å²) in [7, 11) is 3.64. The third-order valence-electron chi connectivity index (χ3n) is 2.19. The highest BCUT2D eigenvalue weighted by Gasteiger charge is 2.07. The number of nitrogens with zero attached hydrogens (tertiary/aromatic N) is 5. The molecule has 0 saturated heterocycles. The van der Waals surface area contributed by atoms with Gasteiger partial charge in [-0.25, -0.2) is 4.98 Å². The van der Waals surface area contributed by atoms with E-state index in [0.29, 0.717) is 0 Å². The standard InChI is InChI=1S/C10H14N6O/c1-7-8(4-11-2)5-12-9(14-7)17-10-13-6-16(3)15-10/h5-6,11H,4H2,1-3H3. The van der Waals surface area contributed by atoms with Crippen molar-refractivity contribution in [1.82, 2.24) is 30.0 Å². The Kier molecular flexibility index (Phi) is 3.29. The summed E-state index contributed by atoms with van der Waals surface area (Å²) in [6.45, 7) is 2.64. The maximum atomic E-state index is 5.33. The van der Waals surface area contributed by atoms with E-state index in [4.69, 9.17) is 4.74 Å². The summed E-state index contributed by atoms with van der Waals surface area (Å²) < 4.78 is 6.88. The Labute approximate surface area is 98.9 Å². The second kappa shape index (κ2) is 4.88. The van der Waals surface area contributed by atoms with Crippen LogP contribution in [0, 0.1) is 6.92 Å². The largest absolute Gasteiger partial charge is 0.387 e. The van der Waals surface area contributed by atoms with Crippen LogP contribution in [0.4, 0.5) is 0 Å². The van der Waals surface area contributed by atoms with E-state index in [-0.39, 0.29) is 12.0 Å². The number of nitrogens with one attached hydrogen (secondary N) is 1. The molecule has 0 radical (unpaired) electrons. The zero-order valence-electron chi connectivity index (χ0n) is 10.0. The number of rotatable bonds is 4. The maximum absolute atomic E-state index is 5.33. The van der Waals surface area contributed by atoms with Gasteiger partial charge in [-0.1, -0.05) is 0 Å². The fourth-order valence-electron chi connectivity index (χ4n) is 1.33. The zero-order valence-corrected chi connectivity index (χ0v) is 10.0. The summed E-state index contributed by atoms with van der Waals surface area (Å²) in [5.74, 6) is 0. The Balaban J connectivity index is 2.14. The van der Waals surface area contributed by atoms with Gasteiger partial charge in [-0.2, -0.15) is 9.97 Å². The zero-order chi connectivity index (χ0) is 12.3. The SMILES string of the molecule is CNCc1cnc(Oc2ncn(C)n2)nc1C. The molecule has 0 spiro atoms. The van der Waals surface area contributed by atoms with Gasteiger partial charge in [0.2, 0.25) is 0 Å². The Morgan fingerprint density at radius 1 is 1.35 bits per heavy atom. The van der Waals surface area contributed by atoms with Gasteiger partial charge in [-0.3, -0.25) is 4.68 Å². The highest BCUT2D eigenvalue weighted by molar-refractivity contribution is 5.18. The molecule has 2 aromatic heterocycles. The molecule has 7 nitrogen and oxygen atoms in total. The lowest BCUT2D eigenvalue weighted by molar-refractivity contribution is 0.403. The third kappa shape index (κ3) is 2.76. The van der Waals surface area contributed by atoms with Crippen molar-refractivity contribution in [2.24, 2.45) is 7.05 Å². The molecular formula is C10H14N6O. The van der Waals surface area contributed by atoms with Gasteiger partial charge < -0.3 is 10.1 Å². The molecule has 2 rings (SSSR count). The van der Waals surface area contributed by atoms with Crippen LogP contribution in [-0.2, 0) is 13.6 Å².